The van der Waals surface area contributed by atoms with Gasteiger partial charge in [-0.2, -0.15) is 0 Å². The molecule has 0 spiro atoms. The smallest absolute Gasteiger partial charge is 0.0801 e. The summed E-state index contributed by atoms with van der Waals surface area (Å²) in [6.07, 6.45) is 2.17. The second-order valence-electron chi connectivity index (χ2n) is 6.59. The Morgan fingerprint density at radius 2 is 1.85 bits per heavy atom. The van der Waals surface area contributed by atoms with Crippen molar-refractivity contribution in [3.8, 4) is 10.4 Å². The van der Waals surface area contributed by atoms with Crippen molar-refractivity contribution < 1.29 is 0 Å². The van der Waals surface area contributed by atoms with E-state index >= 15 is 0 Å². The average Bonchev–Trinajstić information content (AvgIpc) is 2.81. The number of hydrogen-bond acceptors (Lipinski definition) is 3. The number of aryl methyl sites for hydroxylation is 1. The number of thiazole rings is 1. The molecule has 2 nitrogen and oxygen atoms in total. The van der Waals surface area contributed by atoms with Crippen LogP contribution in [0.25, 0.3) is 10.4 Å². The maximum absolute atomic E-state index is 6.29. The molecule has 20 heavy (non-hydrogen) atoms. The van der Waals surface area contributed by atoms with Crippen LogP contribution in [0.15, 0.2) is 29.8 Å². The van der Waals surface area contributed by atoms with Gasteiger partial charge < -0.3 is 5.73 Å². The standard InChI is InChI=1S/C17H24N2S/c1-12-16(20-11-19-12)14-7-5-13(6-8-14)15(18)9-10-17(2,3)4/h5-8,11,15H,9-10,18H2,1-4H3. The zero-order chi connectivity index (χ0) is 14.8. The molecule has 0 aliphatic carbocycles. The Morgan fingerprint density at radius 1 is 1.20 bits per heavy atom. The summed E-state index contributed by atoms with van der Waals surface area (Å²) in [7, 11) is 0. The van der Waals surface area contributed by atoms with E-state index in [9.17, 15) is 0 Å². The SMILES string of the molecule is Cc1ncsc1-c1ccc(C(N)CCC(C)(C)C)cc1. The van der Waals surface area contributed by atoms with E-state index in [0.29, 0.717) is 5.41 Å². The number of nitrogens with zero attached hydrogens (tertiary/aromatic N) is 1. The van der Waals surface area contributed by atoms with Gasteiger partial charge in [-0.1, -0.05) is 45.0 Å². The Kier molecular flexibility index (Phi) is 4.61. The maximum Gasteiger partial charge on any atom is 0.0801 e. The van der Waals surface area contributed by atoms with Gasteiger partial charge >= 0.3 is 0 Å². The van der Waals surface area contributed by atoms with Crippen LogP contribution in [0.4, 0.5) is 0 Å². The summed E-state index contributed by atoms with van der Waals surface area (Å²) in [5.74, 6) is 0. The number of hydrogen-bond donors (Lipinski definition) is 1. The normalized spacial score (nSPS) is 13.4. The summed E-state index contributed by atoms with van der Waals surface area (Å²) in [4.78, 5) is 5.55. The molecule has 1 aromatic heterocycles. The highest BCUT2D eigenvalue weighted by Crippen LogP contribution is 2.30. The molecular weight excluding hydrogens is 264 g/mol. The van der Waals surface area contributed by atoms with E-state index in [1.54, 1.807) is 11.3 Å². The molecule has 0 radical (unpaired) electrons. The van der Waals surface area contributed by atoms with E-state index in [2.05, 4.69) is 56.9 Å². The fourth-order valence-corrected chi connectivity index (χ4v) is 3.03. The monoisotopic (exact) mass is 288 g/mol. The quantitative estimate of drug-likeness (QED) is 0.865. The molecule has 0 amide bonds. The lowest BCUT2D eigenvalue weighted by molar-refractivity contribution is 0.350. The van der Waals surface area contributed by atoms with Crippen molar-refractivity contribution in [1.82, 2.24) is 4.98 Å². The van der Waals surface area contributed by atoms with Crippen molar-refractivity contribution >= 4 is 11.3 Å². The van der Waals surface area contributed by atoms with E-state index in [1.165, 1.54) is 16.0 Å². The Balaban J connectivity index is 2.07. The number of aromatic nitrogens is 1. The van der Waals surface area contributed by atoms with Gasteiger partial charge in [-0.05, 0) is 36.3 Å². The summed E-state index contributed by atoms with van der Waals surface area (Å²) in [6, 6.07) is 8.76. The predicted octanol–water partition coefficient (Wildman–Crippen LogP) is 4.94. The van der Waals surface area contributed by atoms with Gasteiger partial charge in [0, 0.05) is 6.04 Å². The van der Waals surface area contributed by atoms with Gasteiger partial charge in [-0.15, -0.1) is 11.3 Å². The van der Waals surface area contributed by atoms with E-state index in [0.717, 1.165) is 18.5 Å². The summed E-state index contributed by atoms with van der Waals surface area (Å²) in [5.41, 5.74) is 12.1. The van der Waals surface area contributed by atoms with Gasteiger partial charge in [0.1, 0.15) is 0 Å². The molecule has 0 aliphatic rings. The van der Waals surface area contributed by atoms with Crippen LogP contribution >= 0.6 is 11.3 Å². The lowest BCUT2D eigenvalue weighted by Crippen LogP contribution is -2.14. The molecule has 108 valence electrons. The second-order valence-corrected chi connectivity index (χ2v) is 7.45. The minimum absolute atomic E-state index is 0.130. The molecule has 2 aromatic rings. The first kappa shape index (κ1) is 15.2. The van der Waals surface area contributed by atoms with E-state index in [1.807, 2.05) is 5.51 Å². The van der Waals surface area contributed by atoms with Crippen LogP contribution in [-0.4, -0.2) is 4.98 Å². The molecular formula is C17H24N2S. The number of benzene rings is 1. The molecule has 0 saturated carbocycles. The largest absolute Gasteiger partial charge is 0.324 e. The maximum atomic E-state index is 6.29. The molecule has 0 aliphatic heterocycles. The molecule has 1 aromatic carbocycles. The molecule has 2 N–H and O–H groups in total. The van der Waals surface area contributed by atoms with Crippen LogP contribution < -0.4 is 5.73 Å². The molecule has 3 heteroatoms. The Morgan fingerprint density at radius 3 is 2.35 bits per heavy atom. The first-order chi connectivity index (χ1) is 9.37. The highest BCUT2D eigenvalue weighted by molar-refractivity contribution is 7.13. The third-order valence-corrected chi connectivity index (χ3v) is 4.53. The van der Waals surface area contributed by atoms with E-state index in [-0.39, 0.29) is 6.04 Å². The minimum Gasteiger partial charge on any atom is -0.324 e. The van der Waals surface area contributed by atoms with Crippen LogP contribution in [0, 0.1) is 12.3 Å². The number of rotatable bonds is 4. The summed E-state index contributed by atoms with van der Waals surface area (Å²) in [6.45, 7) is 8.83. The van der Waals surface area contributed by atoms with Gasteiger partial charge in [0.2, 0.25) is 0 Å². The van der Waals surface area contributed by atoms with Crippen LogP contribution in [0.5, 0.6) is 0 Å². The van der Waals surface area contributed by atoms with Crippen molar-refractivity contribution in [2.24, 2.45) is 11.1 Å². The van der Waals surface area contributed by atoms with Gasteiger partial charge in [-0.3, -0.25) is 0 Å². The topological polar surface area (TPSA) is 38.9 Å². The van der Waals surface area contributed by atoms with Gasteiger partial charge in [-0.25, -0.2) is 4.98 Å². The van der Waals surface area contributed by atoms with Crippen molar-refractivity contribution in [3.05, 3.63) is 41.0 Å². The van der Waals surface area contributed by atoms with E-state index < -0.39 is 0 Å². The third-order valence-electron chi connectivity index (χ3n) is 3.55. The van der Waals surface area contributed by atoms with Crippen LogP contribution in [0.3, 0.4) is 0 Å². The third kappa shape index (κ3) is 3.90. The summed E-state index contributed by atoms with van der Waals surface area (Å²) >= 11 is 1.69. The van der Waals surface area contributed by atoms with Crippen molar-refractivity contribution in [1.29, 1.82) is 0 Å². The molecule has 2 rings (SSSR count). The van der Waals surface area contributed by atoms with Gasteiger partial charge in [0.15, 0.2) is 0 Å². The van der Waals surface area contributed by atoms with Gasteiger partial charge in [0.25, 0.3) is 0 Å². The highest BCUT2D eigenvalue weighted by Gasteiger charge is 2.14. The fraction of sp³-hybridized carbons (Fsp3) is 0.471. The summed E-state index contributed by atoms with van der Waals surface area (Å²) < 4.78 is 0. The first-order valence-corrected chi connectivity index (χ1v) is 8.01. The van der Waals surface area contributed by atoms with Crippen LogP contribution in [0.1, 0.15) is 50.9 Å². The lowest BCUT2D eigenvalue weighted by atomic mass is 9.87. The second kappa shape index (κ2) is 6.06. The molecule has 1 unspecified atom stereocenters. The molecule has 0 fully saturated rings. The predicted molar refractivity (Wildman–Crippen MR) is 87.9 cm³/mol. The van der Waals surface area contributed by atoms with E-state index in [4.69, 9.17) is 5.73 Å². The lowest BCUT2D eigenvalue weighted by Gasteiger charge is -2.21. The minimum atomic E-state index is 0.130. The Bertz CT molecular complexity index is 549. The van der Waals surface area contributed by atoms with Crippen molar-refractivity contribution in [3.63, 3.8) is 0 Å². The van der Waals surface area contributed by atoms with Crippen LogP contribution in [-0.2, 0) is 0 Å². The van der Waals surface area contributed by atoms with Gasteiger partial charge in [0.05, 0.1) is 16.1 Å². The fourth-order valence-electron chi connectivity index (χ4n) is 2.22. The van der Waals surface area contributed by atoms with Crippen molar-refractivity contribution in [2.45, 2.75) is 46.6 Å². The molecule has 1 atom stereocenters. The molecule has 1 heterocycles. The molecule has 0 bridgehead atoms. The number of nitrogens with two attached hydrogens (primary N) is 1. The first-order valence-electron chi connectivity index (χ1n) is 7.13. The highest BCUT2D eigenvalue weighted by atomic mass is 32.1. The Hall–Kier alpha value is -1.19. The summed E-state index contributed by atoms with van der Waals surface area (Å²) in [5, 5.41) is 0. The Labute approximate surface area is 126 Å². The molecule has 0 saturated heterocycles. The van der Waals surface area contributed by atoms with Crippen LogP contribution in [0.2, 0.25) is 0 Å². The zero-order valence-corrected chi connectivity index (χ0v) is 13.6. The van der Waals surface area contributed by atoms with Crippen molar-refractivity contribution in [2.75, 3.05) is 0 Å². The zero-order valence-electron chi connectivity index (χ0n) is 12.8. The average molecular weight is 288 g/mol.